The molecule has 0 bridgehead atoms. The summed E-state index contributed by atoms with van der Waals surface area (Å²) in [5.41, 5.74) is 2.55. The van der Waals surface area contributed by atoms with Crippen LogP contribution in [-0.2, 0) is 10.0 Å². The van der Waals surface area contributed by atoms with Gasteiger partial charge in [-0.05, 0) is 57.7 Å². The van der Waals surface area contributed by atoms with Crippen LogP contribution in [0.3, 0.4) is 0 Å². The van der Waals surface area contributed by atoms with Gasteiger partial charge in [0.1, 0.15) is 10.7 Å². The number of sulfonamides is 1. The third kappa shape index (κ3) is 5.64. The van der Waals surface area contributed by atoms with Crippen LogP contribution >= 0.6 is 0 Å². The number of amides is 1. The lowest BCUT2D eigenvalue weighted by Gasteiger charge is -2.36. The second-order valence-corrected chi connectivity index (χ2v) is 11.4. The zero-order chi connectivity index (χ0) is 24.3. The van der Waals surface area contributed by atoms with Crippen LogP contribution in [0.2, 0.25) is 0 Å². The monoisotopic (exact) mass is 488 g/mol. The molecule has 8 nitrogen and oxygen atoms in total. The maximum Gasteiger partial charge on any atom is 0.287 e. The number of anilines is 1. The highest BCUT2D eigenvalue weighted by Gasteiger charge is 2.32. The Labute approximate surface area is 202 Å². The molecule has 186 valence electrons. The number of rotatable bonds is 8. The minimum Gasteiger partial charge on any atom is -0.455 e. The lowest BCUT2D eigenvalue weighted by Crippen LogP contribution is -2.47. The number of hydrogen-bond acceptors (Lipinski definition) is 6. The largest absolute Gasteiger partial charge is 0.455 e. The molecule has 2 saturated heterocycles. The van der Waals surface area contributed by atoms with Crippen LogP contribution in [-0.4, -0.2) is 75.4 Å². The van der Waals surface area contributed by atoms with Crippen LogP contribution in [0.4, 0.5) is 5.69 Å². The summed E-state index contributed by atoms with van der Waals surface area (Å²) in [4.78, 5) is 17.7. The van der Waals surface area contributed by atoms with Crippen molar-refractivity contribution < 1.29 is 17.6 Å². The summed E-state index contributed by atoms with van der Waals surface area (Å²) in [5.74, 6) is -0.0622. The SMILES string of the molecule is Cc1cccc(N2CCN(CCC(C)NC(=O)c3cc(S(=O)(=O)N4CCCC4)c(C)o3)CC2)c1. The van der Waals surface area contributed by atoms with Crippen molar-refractivity contribution in [1.29, 1.82) is 0 Å². The normalized spacial score (nSPS) is 18.9. The highest BCUT2D eigenvalue weighted by Crippen LogP contribution is 2.26. The van der Waals surface area contributed by atoms with Crippen LogP contribution in [0.1, 0.15) is 48.1 Å². The summed E-state index contributed by atoms with van der Waals surface area (Å²) in [5, 5.41) is 2.96. The van der Waals surface area contributed by atoms with Crippen LogP contribution in [0.5, 0.6) is 0 Å². The van der Waals surface area contributed by atoms with Gasteiger partial charge in [0.15, 0.2) is 5.76 Å². The molecule has 0 aliphatic carbocycles. The van der Waals surface area contributed by atoms with E-state index in [-0.39, 0.29) is 28.4 Å². The van der Waals surface area contributed by atoms with Crippen LogP contribution in [0.25, 0.3) is 0 Å². The molecular formula is C25H36N4O4S. The molecule has 0 radical (unpaired) electrons. The van der Waals surface area contributed by atoms with Gasteiger partial charge >= 0.3 is 0 Å². The molecular weight excluding hydrogens is 452 g/mol. The summed E-state index contributed by atoms with van der Waals surface area (Å²) in [6, 6.07) is 9.94. The Balaban J connectivity index is 1.25. The molecule has 2 aromatic rings. The summed E-state index contributed by atoms with van der Waals surface area (Å²) in [6.07, 6.45) is 2.54. The van der Waals surface area contributed by atoms with E-state index in [9.17, 15) is 13.2 Å². The van der Waals surface area contributed by atoms with Crippen molar-refractivity contribution in [2.75, 3.05) is 50.7 Å². The van der Waals surface area contributed by atoms with E-state index in [0.29, 0.717) is 13.1 Å². The van der Waals surface area contributed by atoms with Gasteiger partial charge in [0.2, 0.25) is 10.0 Å². The molecule has 0 spiro atoms. The summed E-state index contributed by atoms with van der Waals surface area (Å²) in [7, 11) is -3.61. The van der Waals surface area contributed by atoms with Crippen molar-refractivity contribution in [3.8, 4) is 0 Å². The molecule has 9 heteroatoms. The van der Waals surface area contributed by atoms with Gasteiger partial charge in [-0.3, -0.25) is 9.69 Å². The Morgan fingerprint density at radius 2 is 1.76 bits per heavy atom. The lowest BCUT2D eigenvalue weighted by atomic mass is 10.1. The van der Waals surface area contributed by atoms with Gasteiger partial charge in [0.05, 0.1) is 0 Å². The number of nitrogens with zero attached hydrogens (tertiary/aromatic N) is 3. The molecule has 3 heterocycles. The van der Waals surface area contributed by atoms with Gasteiger partial charge in [0, 0.05) is 63.6 Å². The predicted octanol–water partition coefficient (Wildman–Crippen LogP) is 3.01. The number of piperazine rings is 1. The first-order chi connectivity index (χ1) is 16.2. The number of hydrogen-bond donors (Lipinski definition) is 1. The average molecular weight is 489 g/mol. The van der Waals surface area contributed by atoms with Crippen LogP contribution in [0.15, 0.2) is 39.6 Å². The molecule has 1 amide bonds. The summed E-state index contributed by atoms with van der Waals surface area (Å²) in [6.45, 7) is 11.6. The van der Waals surface area contributed by atoms with E-state index >= 15 is 0 Å². The smallest absolute Gasteiger partial charge is 0.287 e. The average Bonchev–Trinajstić information content (AvgIpc) is 3.49. The van der Waals surface area contributed by atoms with Crippen molar-refractivity contribution in [2.45, 2.75) is 51.0 Å². The fourth-order valence-electron chi connectivity index (χ4n) is 4.70. The zero-order valence-electron chi connectivity index (χ0n) is 20.4. The Morgan fingerprint density at radius 1 is 1.06 bits per heavy atom. The van der Waals surface area contributed by atoms with Gasteiger partial charge < -0.3 is 14.6 Å². The second-order valence-electron chi connectivity index (χ2n) is 9.47. The van der Waals surface area contributed by atoms with E-state index in [4.69, 9.17) is 4.42 Å². The first-order valence-electron chi connectivity index (χ1n) is 12.2. The van der Waals surface area contributed by atoms with Crippen molar-refractivity contribution in [3.63, 3.8) is 0 Å². The first-order valence-corrected chi connectivity index (χ1v) is 13.6. The molecule has 34 heavy (non-hydrogen) atoms. The Bertz CT molecular complexity index is 1100. The number of benzene rings is 1. The van der Waals surface area contributed by atoms with Gasteiger partial charge in [0.25, 0.3) is 5.91 Å². The van der Waals surface area contributed by atoms with Gasteiger partial charge in [-0.2, -0.15) is 4.31 Å². The van der Waals surface area contributed by atoms with Gasteiger partial charge in [-0.15, -0.1) is 0 Å². The Morgan fingerprint density at radius 3 is 2.44 bits per heavy atom. The van der Waals surface area contributed by atoms with E-state index in [1.165, 1.54) is 21.6 Å². The quantitative estimate of drug-likeness (QED) is 0.615. The molecule has 4 rings (SSSR count). The van der Waals surface area contributed by atoms with Crippen LogP contribution < -0.4 is 10.2 Å². The van der Waals surface area contributed by atoms with E-state index in [1.54, 1.807) is 6.92 Å². The van der Waals surface area contributed by atoms with E-state index in [0.717, 1.165) is 52.0 Å². The molecule has 1 aromatic carbocycles. The number of furan rings is 1. The van der Waals surface area contributed by atoms with Crippen molar-refractivity contribution in [3.05, 3.63) is 47.4 Å². The van der Waals surface area contributed by atoms with Crippen molar-refractivity contribution in [1.82, 2.24) is 14.5 Å². The van der Waals surface area contributed by atoms with E-state index < -0.39 is 10.0 Å². The van der Waals surface area contributed by atoms with Crippen LogP contribution in [0, 0.1) is 13.8 Å². The highest BCUT2D eigenvalue weighted by atomic mass is 32.2. The number of aryl methyl sites for hydroxylation is 2. The molecule has 2 aliphatic heterocycles. The minimum absolute atomic E-state index is 0.0497. The Hall–Kier alpha value is -2.36. The first kappa shape index (κ1) is 24.8. The predicted molar refractivity (Wildman–Crippen MR) is 133 cm³/mol. The number of nitrogens with one attached hydrogen (secondary N) is 1. The van der Waals surface area contributed by atoms with Gasteiger partial charge in [-0.1, -0.05) is 12.1 Å². The number of carbonyl (C=O) groups excluding carboxylic acids is 1. The third-order valence-electron chi connectivity index (χ3n) is 6.77. The fourth-order valence-corrected chi connectivity index (χ4v) is 6.38. The molecule has 2 aliphatic rings. The Kier molecular flexibility index (Phi) is 7.64. The molecule has 0 saturated carbocycles. The third-order valence-corrected chi connectivity index (χ3v) is 8.78. The van der Waals surface area contributed by atoms with Crippen molar-refractivity contribution in [2.24, 2.45) is 0 Å². The standard InChI is InChI=1S/C25H36N4O4S/c1-19-7-6-8-22(17-19)28-15-13-27(14-16-28)12-9-20(2)26-25(30)23-18-24(21(3)33-23)34(31,32)29-10-4-5-11-29/h6-8,17-18,20H,4-5,9-16H2,1-3H3,(H,26,30). The molecule has 1 atom stereocenters. The minimum atomic E-state index is -3.61. The zero-order valence-corrected chi connectivity index (χ0v) is 21.2. The topological polar surface area (TPSA) is 86.1 Å². The molecule has 2 fully saturated rings. The van der Waals surface area contributed by atoms with E-state index in [1.807, 2.05) is 6.92 Å². The molecule has 1 N–H and O–H groups in total. The lowest BCUT2D eigenvalue weighted by molar-refractivity contribution is 0.0906. The highest BCUT2D eigenvalue weighted by molar-refractivity contribution is 7.89. The van der Waals surface area contributed by atoms with E-state index in [2.05, 4.69) is 46.3 Å². The second kappa shape index (κ2) is 10.5. The summed E-state index contributed by atoms with van der Waals surface area (Å²) < 4.78 is 32.7. The maximum absolute atomic E-state index is 12.8. The van der Waals surface area contributed by atoms with Gasteiger partial charge in [-0.25, -0.2) is 8.42 Å². The fraction of sp³-hybridized carbons (Fsp3) is 0.560. The molecule has 1 aromatic heterocycles. The summed E-state index contributed by atoms with van der Waals surface area (Å²) >= 11 is 0. The van der Waals surface area contributed by atoms with Crippen molar-refractivity contribution >= 4 is 21.6 Å². The molecule has 1 unspecified atom stereocenters. The number of carbonyl (C=O) groups is 1. The maximum atomic E-state index is 12.8.